The second kappa shape index (κ2) is 5.87. The monoisotopic (exact) mass is 312 g/mol. The summed E-state index contributed by atoms with van der Waals surface area (Å²) in [6.45, 7) is 6.03. The molecular formula is C17H20N4O2. The second-order valence-electron chi connectivity index (χ2n) is 6.16. The normalized spacial score (nSPS) is 16.1. The molecular weight excluding hydrogens is 292 g/mol. The number of aromatic nitrogens is 2. The fraction of sp³-hybridized carbons (Fsp3) is 0.353. The molecule has 1 aromatic carbocycles. The summed E-state index contributed by atoms with van der Waals surface area (Å²) in [4.78, 5) is 32.9. The summed E-state index contributed by atoms with van der Waals surface area (Å²) in [5.74, 6) is 0.461. The van der Waals surface area contributed by atoms with Gasteiger partial charge in [-0.1, -0.05) is 43.7 Å². The Balaban J connectivity index is 1.94. The Morgan fingerprint density at radius 2 is 1.87 bits per heavy atom. The van der Waals surface area contributed by atoms with Crippen molar-refractivity contribution in [2.75, 3.05) is 6.54 Å². The zero-order valence-electron chi connectivity index (χ0n) is 13.5. The van der Waals surface area contributed by atoms with E-state index in [-0.39, 0.29) is 24.4 Å². The molecule has 3 amide bonds. The summed E-state index contributed by atoms with van der Waals surface area (Å²) in [5.41, 5.74) is 3.08. The van der Waals surface area contributed by atoms with Gasteiger partial charge in [0.1, 0.15) is 11.9 Å². The van der Waals surface area contributed by atoms with Gasteiger partial charge in [-0.15, -0.1) is 0 Å². The Bertz CT molecular complexity index is 717. The van der Waals surface area contributed by atoms with Gasteiger partial charge in [0.05, 0.1) is 18.4 Å². The molecule has 0 saturated carbocycles. The first-order chi connectivity index (χ1) is 11.0. The van der Waals surface area contributed by atoms with Crippen molar-refractivity contribution in [3.8, 4) is 11.3 Å². The zero-order chi connectivity index (χ0) is 16.6. The van der Waals surface area contributed by atoms with Crippen LogP contribution in [0.5, 0.6) is 0 Å². The van der Waals surface area contributed by atoms with Gasteiger partial charge in [-0.2, -0.15) is 0 Å². The summed E-state index contributed by atoms with van der Waals surface area (Å²) < 4.78 is 0. The lowest BCUT2D eigenvalue weighted by atomic mass is 10.0. The van der Waals surface area contributed by atoms with Gasteiger partial charge in [-0.25, -0.2) is 9.78 Å². The number of hydrogen-bond donors (Lipinski definition) is 2. The molecule has 1 fully saturated rings. The van der Waals surface area contributed by atoms with Crippen molar-refractivity contribution < 1.29 is 9.59 Å². The van der Waals surface area contributed by atoms with E-state index in [1.807, 2.05) is 45.0 Å². The Hall–Kier alpha value is -2.63. The number of aromatic amines is 1. The second-order valence-corrected chi connectivity index (χ2v) is 6.16. The van der Waals surface area contributed by atoms with Gasteiger partial charge in [0, 0.05) is 0 Å². The van der Waals surface area contributed by atoms with Crippen LogP contribution in [0, 0.1) is 12.8 Å². The van der Waals surface area contributed by atoms with E-state index < -0.39 is 6.04 Å². The molecule has 2 aromatic rings. The molecule has 2 N–H and O–H groups in total. The van der Waals surface area contributed by atoms with Crippen LogP contribution in [0.15, 0.2) is 30.5 Å². The third-order valence-electron chi connectivity index (χ3n) is 4.03. The van der Waals surface area contributed by atoms with Crippen LogP contribution in [-0.4, -0.2) is 33.4 Å². The Labute approximate surface area is 134 Å². The first-order valence-electron chi connectivity index (χ1n) is 7.69. The average Bonchev–Trinajstić information content (AvgIpc) is 3.10. The van der Waals surface area contributed by atoms with Crippen molar-refractivity contribution in [1.82, 2.24) is 20.2 Å². The molecule has 1 atom stereocenters. The van der Waals surface area contributed by atoms with Gasteiger partial charge >= 0.3 is 6.03 Å². The lowest BCUT2D eigenvalue weighted by Crippen LogP contribution is -2.38. The quantitative estimate of drug-likeness (QED) is 0.852. The van der Waals surface area contributed by atoms with Gasteiger partial charge < -0.3 is 10.3 Å². The predicted octanol–water partition coefficient (Wildman–Crippen LogP) is 2.63. The number of rotatable bonds is 4. The van der Waals surface area contributed by atoms with Gasteiger partial charge in [-0.05, 0) is 18.4 Å². The first-order valence-corrected chi connectivity index (χ1v) is 7.69. The van der Waals surface area contributed by atoms with Gasteiger partial charge in [0.25, 0.3) is 5.91 Å². The molecule has 1 saturated heterocycles. The third kappa shape index (κ3) is 2.84. The van der Waals surface area contributed by atoms with Crippen LogP contribution in [0.25, 0.3) is 11.3 Å². The largest absolute Gasteiger partial charge is 0.340 e. The Morgan fingerprint density at radius 3 is 2.43 bits per heavy atom. The van der Waals surface area contributed by atoms with Crippen molar-refractivity contribution in [2.45, 2.75) is 26.8 Å². The summed E-state index contributed by atoms with van der Waals surface area (Å²) in [7, 11) is 0. The Morgan fingerprint density at radius 1 is 1.17 bits per heavy atom. The number of aryl methyl sites for hydroxylation is 1. The molecule has 0 aliphatic carbocycles. The van der Waals surface area contributed by atoms with Crippen LogP contribution in [0.2, 0.25) is 0 Å². The number of nitrogens with zero attached hydrogens (tertiary/aromatic N) is 2. The molecule has 1 aromatic heterocycles. The van der Waals surface area contributed by atoms with Crippen LogP contribution in [-0.2, 0) is 4.79 Å². The number of urea groups is 1. The predicted molar refractivity (Wildman–Crippen MR) is 86.6 cm³/mol. The molecule has 1 aliphatic rings. The van der Waals surface area contributed by atoms with Gasteiger partial charge in [0.15, 0.2) is 0 Å². The number of amides is 3. The van der Waals surface area contributed by atoms with Crippen LogP contribution in [0.4, 0.5) is 4.79 Å². The van der Waals surface area contributed by atoms with Crippen molar-refractivity contribution >= 4 is 11.9 Å². The van der Waals surface area contributed by atoms with E-state index in [1.54, 1.807) is 6.20 Å². The summed E-state index contributed by atoms with van der Waals surface area (Å²) in [6.07, 6.45) is 1.74. The highest BCUT2D eigenvalue weighted by molar-refractivity contribution is 6.02. The fourth-order valence-corrected chi connectivity index (χ4v) is 2.82. The minimum absolute atomic E-state index is 0.0492. The summed E-state index contributed by atoms with van der Waals surface area (Å²) in [5, 5.41) is 2.56. The third-order valence-corrected chi connectivity index (χ3v) is 4.03. The highest BCUT2D eigenvalue weighted by atomic mass is 16.2. The highest BCUT2D eigenvalue weighted by Gasteiger charge is 2.38. The molecule has 1 unspecified atom stereocenters. The maximum absolute atomic E-state index is 12.0. The lowest BCUT2D eigenvalue weighted by Gasteiger charge is -2.26. The number of nitrogens with one attached hydrogen (secondary N) is 2. The van der Waals surface area contributed by atoms with Gasteiger partial charge in [-0.3, -0.25) is 9.69 Å². The lowest BCUT2D eigenvalue weighted by molar-refractivity contribution is -0.127. The van der Waals surface area contributed by atoms with E-state index in [9.17, 15) is 9.59 Å². The number of imide groups is 1. The fourth-order valence-electron chi connectivity index (χ4n) is 2.82. The van der Waals surface area contributed by atoms with E-state index in [2.05, 4.69) is 15.3 Å². The molecule has 120 valence electrons. The van der Waals surface area contributed by atoms with E-state index in [0.717, 1.165) is 11.3 Å². The zero-order valence-corrected chi connectivity index (χ0v) is 13.5. The maximum atomic E-state index is 12.0. The number of carbonyl (C=O) groups is 2. The minimum Gasteiger partial charge on any atom is -0.340 e. The number of hydrogen-bond acceptors (Lipinski definition) is 3. The first kappa shape index (κ1) is 15.3. The molecule has 0 spiro atoms. The maximum Gasteiger partial charge on any atom is 0.325 e. The van der Waals surface area contributed by atoms with Crippen LogP contribution in [0.3, 0.4) is 0 Å². The van der Waals surface area contributed by atoms with E-state index in [1.165, 1.54) is 10.5 Å². The van der Waals surface area contributed by atoms with Crippen molar-refractivity contribution in [3.05, 3.63) is 41.9 Å². The van der Waals surface area contributed by atoms with Crippen LogP contribution < -0.4 is 5.32 Å². The molecule has 2 heterocycles. The molecule has 3 rings (SSSR count). The van der Waals surface area contributed by atoms with Gasteiger partial charge in [0.2, 0.25) is 0 Å². The molecule has 6 nitrogen and oxygen atoms in total. The minimum atomic E-state index is -0.399. The van der Waals surface area contributed by atoms with Crippen molar-refractivity contribution in [3.63, 3.8) is 0 Å². The molecule has 1 aliphatic heterocycles. The van der Waals surface area contributed by atoms with Crippen LogP contribution in [0.1, 0.15) is 31.3 Å². The summed E-state index contributed by atoms with van der Waals surface area (Å²) >= 11 is 0. The highest BCUT2D eigenvalue weighted by Crippen LogP contribution is 2.30. The molecule has 23 heavy (non-hydrogen) atoms. The Kier molecular flexibility index (Phi) is 3.90. The van der Waals surface area contributed by atoms with E-state index in [4.69, 9.17) is 0 Å². The number of benzene rings is 1. The summed E-state index contributed by atoms with van der Waals surface area (Å²) in [6, 6.07) is 7.35. The standard InChI is InChI=1S/C17H20N4O2/c1-10(2)15(21-14(22)9-19-17(21)23)16-18-8-13(20-16)12-6-4-11(3)5-7-12/h4-8,10,15H,9H2,1-3H3,(H,18,20)(H,19,23). The van der Waals surface area contributed by atoms with E-state index >= 15 is 0 Å². The average molecular weight is 312 g/mol. The van der Waals surface area contributed by atoms with Crippen molar-refractivity contribution in [1.29, 1.82) is 0 Å². The molecule has 0 bridgehead atoms. The topological polar surface area (TPSA) is 78.1 Å². The number of carbonyl (C=O) groups excluding carboxylic acids is 2. The SMILES string of the molecule is Cc1ccc(-c2cnc(C(C(C)C)N3C(=O)CNC3=O)[nH]2)cc1. The number of H-pyrrole nitrogens is 1. The van der Waals surface area contributed by atoms with E-state index in [0.29, 0.717) is 5.82 Å². The van der Waals surface area contributed by atoms with Crippen LogP contribution >= 0.6 is 0 Å². The molecule has 6 heteroatoms. The number of imidazole rings is 1. The smallest absolute Gasteiger partial charge is 0.325 e. The molecule has 0 radical (unpaired) electrons. The van der Waals surface area contributed by atoms with Crippen molar-refractivity contribution in [2.24, 2.45) is 5.92 Å².